The lowest BCUT2D eigenvalue weighted by Gasteiger charge is -2.32. The number of hydrogen-bond acceptors (Lipinski definition) is 4. The van der Waals surface area contributed by atoms with E-state index in [9.17, 15) is 0 Å². The zero-order valence-electron chi connectivity index (χ0n) is 7.98. The zero-order valence-corrected chi connectivity index (χ0v) is 7.98. The second-order valence-corrected chi connectivity index (χ2v) is 3.29. The van der Waals surface area contributed by atoms with Gasteiger partial charge in [0.15, 0.2) is 0 Å². The molecular formula is C8H20N4. The van der Waals surface area contributed by atoms with Gasteiger partial charge in [-0.05, 0) is 26.9 Å². The third kappa shape index (κ3) is 2.71. The van der Waals surface area contributed by atoms with Crippen LogP contribution in [-0.2, 0) is 0 Å². The van der Waals surface area contributed by atoms with E-state index in [-0.39, 0.29) is 0 Å². The van der Waals surface area contributed by atoms with Gasteiger partial charge >= 0.3 is 0 Å². The maximum atomic E-state index is 3.27. The molecule has 0 heterocycles. The summed E-state index contributed by atoms with van der Waals surface area (Å²) in [5, 5.41) is 0. The first-order chi connectivity index (χ1) is 5.88. The third-order valence-corrected chi connectivity index (χ3v) is 2.43. The molecule has 0 aliphatic heterocycles. The predicted octanol–water partition coefficient (Wildman–Crippen LogP) is -0.254. The summed E-state index contributed by atoms with van der Waals surface area (Å²) in [4.78, 5) is 0. The fraction of sp³-hybridized carbons (Fsp3) is 1.00. The van der Waals surface area contributed by atoms with Crippen LogP contribution in [0.4, 0.5) is 0 Å². The van der Waals surface area contributed by atoms with E-state index in [1.807, 2.05) is 14.1 Å². The van der Waals surface area contributed by atoms with E-state index in [0.717, 1.165) is 0 Å². The first kappa shape index (κ1) is 9.92. The maximum Gasteiger partial charge on any atom is 0.0379 e. The Labute approximate surface area is 74.4 Å². The van der Waals surface area contributed by atoms with Crippen LogP contribution in [0.5, 0.6) is 0 Å². The molecule has 0 bridgehead atoms. The Balaban J connectivity index is 2.31. The van der Waals surface area contributed by atoms with Crippen LogP contribution < -0.4 is 21.7 Å². The average molecular weight is 172 g/mol. The summed E-state index contributed by atoms with van der Waals surface area (Å²) in [5.41, 5.74) is 12.5. The highest BCUT2D eigenvalue weighted by Gasteiger charge is 2.23. The topological polar surface area (TPSA) is 48.1 Å². The minimum Gasteiger partial charge on any atom is -0.261 e. The van der Waals surface area contributed by atoms with Crippen molar-refractivity contribution in [3.8, 4) is 0 Å². The van der Waals surface area contributed by atoms with Crippen LogP contribution in [0.3, 0.4) is 0 Å². The van der Waals surface area contributed by atoms with Gasteiger partial charge in [0.25, 0.3) is 0 Å². The lowest BCUT2D eigenvalue weighted by molar-refractivity contribution is 0.253. The van der Waals surface area contributed by atoms with Gasteiger partial charge in [0.1, 0.15) is 0 Å². The highest BCUT2D eigenvalue weighted by molar-refractivity contribution is 4.83. The Kier molecular flexibility index (Phi) is 4.53. The second-order valence-electron chi connectivity index (χ2n) is 3.29. The SMILES string of the molecule is CNN[C@H]1CCCC[C@@H]1NNC. The molecule has 1 rings (SSSR count). The summed E-state index contributed by atoms with van der Waals surface area (Å²) in [6, 6.07) is 1.10. The van der Waals surface area contributed by atoms with Crippen molar-refractivity contribution in [3.05, 3.63) is 0 Å². The maximum absolute atomic E-state index is 3.27. The first-order valence-electron chi connectivity index (χ1n) is 4.73. The largest absolute Gasteiger partial charge is 0.261 e. The van der Waals surface area contributed by atoms with Crippen LogP contribution >= 0.6 is 0 Å². The average Bonchev–Trinajstić information content (AvgIpc) is 2.09. The molecule has 0 radical (unpaired) electrons. The van der Waals surface area contributed by atoms with E-state index >= 15 is 0 Å². The van der Waals surface area contributed by atoms with Crippen LogP contribution in [-0.4, -0.2) is 26.2 Å². The summed E-state index contributed by atoms with van der Waals surface area (Å²) < 4.78 is 0. The molecule has 4 heteroatoms. The highest BCUT2D eigenvalue weighted by atomic mass is 15.4. The molecule has 4 N–H and O–H groups in total. The monoisotopic (exact) mass is 172 g/mol. The highest BCUT2D eigenvalue weighted by Crippen LogP contribution is 2.17. The molecule has 4 nitrogen and oxygen atoms in total. The van der Waals surface area contributed by atoms with E-state index in [4.69, 9.17) is 0 Å². The van der Waals surface area contributed by atoms with Crippen molar-refractivity contribution in [2.24, 2.45) is 0 Å². The fourth-order valence-electron chi connectivity index (χ4n) is 1.85. The molecule has 0 aromatic rings. The molecule has 0 aromatic heterocycles. The summed E-state index contributed by atoms with van der Waals surface area (Å²) in [6.45, 7) is 0. The van der Waals surface area contributed by atoms with E-state index in [0.29, 0.717) is 12.1 Å². The summed E-state index contributed by atoms with van der Waals surface area (Å²) in [5.74, 6) is 0. The van der Waals surface area contributed by atoms with Crippen molar-refractivity contribution >= 4 is 0 Å². The molecule has 1 fully saturated rings. The van der Waals surface area contributed by atoms with Gasteiger partial charge in [0.05, 0.1) is 0 Å². The van der Waals surface area contributed by atoms with E-state index in [2.05, 4.69) is 21.7 Å². The van der Waals surface area contributed by atoms with Gasteiger partial charge < -0.3 is 0 Å². The van der Waals surface area contributed by atoms with Crippen LogP contribution in [0, 0.1) is 0 Å². The van der Waals surface area contributed by atoms with Crippen molar-refractivity contribution in [3.63, 3.8) is 0 Å². The van der Waals surface area contributed by atoms with Gasteiger partial charge in [0, 0.05) is 12.1 Å². The van der Waals surface area contributed by atoms with Crippen LogP contribution in [0.1, 0.15) is 25.7 Å². The molecule has 0 amide bonds. The molecule has 12 heavy (non-hydrogen) atoms. The van der Waals surface area contributed by atoms with E-state index < -0.39 is 0 Å². The number of hydrazine groups is 2. The molecule has 2 atom stereocenters. The molecule has 0 spiro atoms. The van der Waals surface area contributed by atoms with Crippen molar-refractivity contribution in [1.82, 2.24) is 21.7 Å². The Hall–Kier alpha value is -0.160. The van der Waals surface area contributed by atoms with Crippen molar-refractivity contribution < 1.29 is 0 Å². The van der Waals surface area contributed by atoms with Gasteiger partial charge in [-0.1, -0.05) is 12.8 Å². The molecule has 0 unspecified atom stereocenters. The number of hydrogen-bond donors (Lipinski definition) is 4. The Bertz CT molecular complexity index is 99.6. The van der Waals surface area contributed by atoms with Gasteiger partial charge in [-0.15, -0.1) is 0 Å². The second kappa shape index (κ2) is 5.48. The van der Waals surface area contributed by atoms with Gasteiger partial charge in [-0.25, -0.2) is 0 Å². The lowest BCUT2D eigenvalue weighted by Crippen LogP contribution is -2.55. The van der Waals surface area contributed by atoms with Crippen LogP contribution in [0.15, 0.2) is 0 Å². The van der Waals surface area contributed by atoms with Crippen molar-refractivity contribution in [1.29, 1.82) is 0 Å². The summed E-state index contributed by atoms with van der Waals surface area (Å²) in [6.07, 6.45) is 5.17. The standard InChI is InChI=1S/C8H20N4/c1-9-11-7-5-3-4-6-8(7)12-10-2/h7-12H,3-6H2,1-2H3/t7-,8-/m0/s1. The lowest BCUT2D eigenvalue weighted by atomic mass is 9.91. The van der Waals surface area contributed by atoms with Crippen LogP contribution in [0.25, 0.3) is 0 Å². The summed E-state index contributed by atoms with van der Waals surface area (Å²) >= 11 is 0. The summed E-state index contributed by atoms with van der Waals surface area (Å²) in [7, 11) is 3.84. The van der Waals surface area contributed by atoms with Crippen molar-refractivity contribution in [2.45, 2.75) is 37.8 Å². The smallest absolute Gasteiger partial charge is 0.0379 e. The van der Waals surface area contributed by atoms with Crippen LogP contribution in [0.2, 0.25) is 0 Å². The molecule has 1 aliphatic rings. The molecular weight excluding hydrogens is 152 g/mol. The molecule has 1 saturated carbocycles. The molecule has 0 saturated heterocycles. The molecule has 72 valence electrons. The Morgan fingerprint density at radius 1 is 0.833 bits per heavy atom. The van der Waals surface area contributed by atoms with Gasteiger partial charge in [0.2, 0.25) is 0 Å². The Morgan fingerprint density at radius 3 is 1.58 bits per heavy atom. The van der Waals surface area contributed by atoms with E-state index in [1.54, 1.807) is 0 Å². The van der Waals surface area contributed by atoms with E-state index in [1.165, 1.54) is 25.7 Å². The van der Waals surface area contributed by atoms with Gasteiger partial charge in [-0.2, -0.15) is 0 Å². The predicted molar refractivity (Wildman–Crippen MR) is 50.4 cm³/mol. The zero-order chi connectivity index (χ0) is 8.81. The quantitative estimate of drug-likeness (QED) is 0.442. The number of rotatable bonds is 4. The normalized spacial score (nSPS) is 30.5. The molecule has 0 aromatic carbocycles. The molecule has 1 aliphatic carbocycles. The Morgan fingerprint density at radius 2 is 1.25 bits per heavy atom. The number of nitrogens with one attached hydrogen (secondary N) is 4. The van der Waals surface area contributed by atoms with Crippen molar-refractivity contribution in [2.75, 3.05) is 14.1 Å². The minimum atomic E-state index is 0.552. The van der Waals surface area contributed by atoms with Gasteiger partial charge in [-0.3, -0.25) is 21.7 Å². The minimum absolute atomic E-state index is 0.552. The third-order valence-electron chi connectivity index (χ3n) is 2.43. The first-order valence-corrected chi connectivity index (χ1v) is 4.73. The fourth-order valence-corrected chi connectivity index (χ4v) is 1.85.